The number of benzene rings is 1. The average Bonchev–Trinajstić information content (AvgIpc) is 2.77. The van der Waals surface area contributed by atoms with Crippen molar-refractivity contribution in [3.63, 3.8) is 0 Å². The number of aromatic nitrogens is 1. The number of anilines is 1. The first-order valence-corrected chi connectivity index (χ1v) is 7.05. The molecule has 5 heteroatoms. The highest BCUT2D eigenvalue weighted by atomic mass is 16.6. The Hall–Kier alpha value is -2.56. The lowest BCUT2D eigenvalue weighted by molar-refractivity contribution is 0.0636. The minimum absolute atomic E-state index is 0.148. The van der Waals surface area contributed by atoms with Gasteiger partial charge in [-0.1, -0.05) is 30.3 Å². The number of hydrogen-bond donors (Lipinski definition) is 2. The molecule has 0 unspecified atom stereocenters. The summed E-state index contributed by atoms with van der Waals surface area (Å²) in [6.45, 7) is 7.14. The molecule has 22 heavy (non-hydrogen) atoms. The third-order valence-corrected chi connectivity index (χ3v) is 2.98. The number of nitrogens with one attached hydrogen (secondary N) is 2. The van der Waals surface area contributed by atoms with Crippen LogP contribution < -0.4 is 5.32 Å². The van der Waals surface area contributed by atoms with Gasteiger partial charge in [0.2, 0.25) is 0 Å². The molecule has 2 aromatic rings. The van der Waals surface area contributed by atoms with Crippen LogP contribution in [0.5, 0.6) is 0 Å². The largest absolute Gasteiger partial charge is 0.444 e. The van der Waals surface area contributed by atoms with Crippen LogP contribution in [-0.2, 0) is 4.74 Å². The van der Waals surface area contributed by atoms with E-state index in [4.69, 9.17) is 4.74 Å². The number of carbonyl (C=O) groups excluding carboxylic acids is 2. The molecule has 5 nitrogen and oxygen atoms in total. The number of aromatic amines is 1. The number of ether oxygens (including phenoxy) is 1. The zero-order valence-corrected chi connectivity index (χ0v) is 13.2. The number of H-pyrrole nitrogens is 1. The summed E-state index contributed by atoms with van der Waals surface area (Å²) in [5, 5.41) is 2.63. The summed E-state index contributed by atoms with van der Waals surface area (Å²) >= 11 is 0. The lowest BCUT2D eigenvalue weighted by Crippen LogP contribution is -2.27. The highest BCUT2D eigenvalue weighted by molar-refractivity contribution is 6.14. The van der Waals surface area contributed by atoms with Gasteiger partial charge in [-0.3, -0.25) is 10.1 Å². The fourth-order valence-corrected chi connectivity index (χ4v) is 2.07. The number of rotatable bonds is 3. The van der Waals surface area contributed by atoms with Gasteiger partial charge >= 0.3 is 6.09 Å². The number of carbonyl (C=O) groups is 2. The summed E-state index contributed by atoms with van der Waals surface area (Å²) in [5.74, 6) is -0.148. The number of ketones is 1. The van der Waals surface area contributed by atoms with E-state index in [1.807, 2.05) is 6.07 Å². The van der Waals surface area contributed by atoms with E-state index in [1.54, 1.807) is 58.2 Å². The SMILES string of the molecule is Cc1[nH]cc(NC(=O)OC(C)(C)C)c1C(=O)c1ccccc1. The molecule has 0 spiro atoms. The molecule has 1 heterocycles. The lowest BCUT2D eigenvalue weighted by atomic mass is 10.0. The van der Waals surface area contributed by atoms with E-state index in [9.17, 15) is 9.59 Å². The van der Waals surface area contributed by atoms with Crippen LogP contribution in [0, 0.1) is 6.92 Å². The Labute approximate surface area is 129 Å². The van der Waals surface area contributed by atoms with Crippen molar-refractivity contribution >= 4 is 17.6 Å². The quantitative estimate of drug-likeness (QED) is 0.844. The molecule has 2 N–H and O–H groups in total. The standard InChI is InChI=1S/C17H20N2O3/c1-11-14(15(20)12-8-6-5-7-9-12)13(10-18-11)19-16(21)22-17(2,3)4/h5-10,18H,1-4H3,(H,19,21). The molecular formula is C17H20N2O3. The van der Waals surface area contributed by atoms with E-state index in [2.05, 4.69) is 10.3 Å². The first-order chi connectivity index (χ1) is 10.3. The number of aryl methyl sites for hydroxylation is 1. The van der Waals surface area contributed by atoms with Gasteiger partial charge in [0.05, 0.1) is 11.3 Å². The lowest BCUT2D eigenvalue weighted by Gasteiger charge is -2.19. The van der Waals surface area contributed by atoms with Gasteiger partial charge < -0.3 is 9.72 Å². The van der Waals surface area contributed by atoms with Gasteiger partial charge in [-0.2, -0.15) is 0 Å². The van der Waals surface area contributed by atoms with Crippen LogP contribution in [0.3, 0.4) is 0 Å². The molecule has 0 saturated carbocycles. The van der Waals surface area contributed by atoms with Gasteiger partial charge in [0.15, 0.2) is 5.78 Å². The summed E-state index contributed by atoms with van der Waals surface area (Å²) < 4.78 is 5.22. The molecule has 0 atom stereocenters. The molecule has 116 valence electrons. The Morgan fingerprint density at radius 2 is 1.77 bits per heavy atom. The highest BCUT2D eigenvalue weighted by Gasteiger charge is 2.22. The summed E-state index contributed by atoms with van der Waals surface area (Å²) in [7, 11) is 0. The van der Waals surface area contributed by atoms with E-state index in [1.165, 1.54) is 0 Å². The van der Waals surface area contributed by atoms with Crippen molar-refractivity contribution in [1.29, 1.82) is 0 Å². The van der Waals surface area contributed by atoms with Crippen LogP contribution in [-0.4, -0.2) is 22.5 Å². The van der Waals surface area contributed by atoms with E-state index >= 15 is 0 Å². The van der Waals surface area contributed by atoms with Crippen LogP contribution in [0.25, 0.3) is 0 Å². The third-order valence-electron chi connectivity index (χ3n) is 2.98. The maximum Gasteiger partial charge on any atom is 0.412 e. The second-order valence-electron chi connectivity index (χ2n) is 6.02. The molecule has 0 aliphatic rings. The van der Waals surface area contributed by atoms with Gasteiger partial charge in [-0.05, 0) is 27.7 Å². The molecule has 0 aliphatic heterocycles. The summed E-state index contributed by atoms with van der Waals surface area (Å²) in [5.41, 5.74) is 1.52. The van der Waals surface area contributed by atoms with Gasteiger partial charge in [0.25, 0.3) is 0 Å². The molecule has 0 aliphatic carbocycles. The molecule has 1 aromatic carbocycles. The van der Waals surface area contributed by atoms with Crippen LogP contribution in [0.1, 0.15) is 42.4 Å². The predicted octanol–water partition coefficient (Wildman–Crippen LogP) is 3.90. The van der Waals surface area contributed by atoms with Crippen molar-refractivity contribution in [2.45, 2.75) is 33.3 Å². The molecule has 2 rings (SSSR count). The van der Waals surface area contributed by atoms with Gasteiger partial charge in [0.1, 0.15) is 5.60 Å². The molecule has 1 amide bonds. The van der Waals surface area contributed by atoms with Crippen molar-refractivity contribution < 1.29 is 14.3 Å². The Kier molecular flexibility index (Phi) is 4.35. The van der Waals surface area contributed by atoms with E-state index in [-0.39, 0.29) is 5.78 Å². The Morgan fingerprint density at radius 3 is 2.36 bits per heavy atom. The topological polar surface area (TPSA) is 71.2 Å². The molecule has 0 bridgehead atoms. The summed E-state index contributed by atoms with van der Waals surface area (Å²) in [6, 6.07) is 8.94. The van der Waals surface area contributed by atoms with Crippen LogP contribution >= 0.6 is 0 Å². The molecule has 0 fully saturated rings. The summed E-state index contributed by atoms with van der Waals surface area (Å²) in [4.78, 5) is 27.5. The molecule has 0 saturated heterocycles. The molecule has 0 radical (unpaired) electrons. The highest BCUT2D eigenvalue weighted by Crippen LogP contribution is 2.23. The number of hydrogen-bond acceptors (Lipinski definition) is 3. The van der Waals surface area contributed by atoms with Crippen molar-refractivity contribution in [1.82, 2.24) is 4.98 Å². The predicted molar refractivity (Wildman–Crippen MR) is 85.3 cm³/mol. The zero-order valence-electron chi connectivity index (χ0n) is 13.2. The maximum absolute atomic E-state index is 12.6. The van der Waals surface area contributed by atoms with Crippen LogP contribution in [0.15, 0.2) is 36.5 Å². The summed E-state index contributed by atoms with van der Waals surface area (Å²) in [6.07, 6.45) is 1.00. The van der Waals surface area contributed by atoms with E-state index in [0.717, 1.165) is 0 Å². The van der Waals surface area contributed by atoms with Gasteiger partial charge in [-0.15, -0.1) is 0 Å². The fraction of sp³-hybridized carbons (Fsp3) is 0.294. The second kappa shape index (κ2) is 6.05. The van der Waals surface area contributed by atoms with Crippen LogP contribution in [0.2, 0.25) is 0 Å². The van der Waals surface area contributed by atoms with Crippen molar-refractivity contribution in [2.24, 2.45) is 0 Å². The Bertz CT molecular complexity index is 682. The van der Waals surface area contributed by atoms with Crippen molar-refractivity contribution in [3.05, 3.63) is 53.3 Å². The fourth-order valence-electron chi connectivity index (χ4n) is 2.07. The minimum atomic E-state index is -0.598. The van der Waals surface area contributed by atoms with E-state index in [0.29, 0.717) is 22.5 Å². The Morgan fingerprint density at radius 1 is 1.14 bits per heavy atom. The second-order valence-corrected chi connectivity index (χ2v) is 6.02. The molecule has 1 aromatic heterocycles. The van der Waals surface area contributed by atoms with Gasteiger partial charge in [-0.25, -0.2) is 4.79 Å². The number of amides is 1. The maximum atomic E-state index is 12.6. The zero-order chi connectivity index (χ0) is 16.3. The minimum Gasteiger partial charge on any atom is -0.444 e. The van der Waals surface area contributed by atoms with Gasteiger partial charge in [0, 0.05) is 17.5 Å². The van der Waals surface area contributed by atoms with Crippen molar-refractivity contribution in [3.8, 4) is 0 Å². The monoisotopic (exact) mass is 300 g/mol. The van der Waals surface area contributed by atoms with Crippen LogP contribution in [0.4, 0.5) is 10.5 Å². The average molecular weight is 300 g/mol. The molecular weight excluding hydrogens is 280 g/mol. The Balaban J connectivity index is 2.25. The third kappa shape index (κ3) is 3.75. The van der Waals surface area contributed by atoms with E-state index < -0.39 is 11.7 Å². The smallest absolute Gasteiger partial charge is 0.412 e. The first-order valence-electron chi connectivity index (χ1n) is 7.05. The van der Waals surface area contributed by atoms with Crippen molar-refractivity contribution in [2.75, 3.05) is 5.32 Å². The first kappa shape index (κ1) is 15.8. The normalized spacial score (nSPS) is 11.1.